The van der Waals surface area contributed by atoms with E-state index >= 15 is 0 Å². The van der Waals surface area contributed by atoms with E-state index in [2.05, 4.69) is 10.3 Å². The van der Waals surface area contributed by atoms with Gasteiger partial charge in [0.15, 0.2) is 0 Å². The van der Waals surface area contributed by atoms with Crippen LogP contribution in [0.1, 0.15) is 27.6 Å². The maximum Gasteiger partial charge on any atom is 0.338 e. The maximum absolute atomic E-state index is 11.5. The molecule has 0 spiro atoms. The molecule has 2 aromatic rings. The first-order chi connectivity index (χ1) is 10.1. The molecule has 0 saturated carbocycles. The van der Waals surface area contributed by atoms with Crippen molar-refractivity contribution in [2.75, 3.05) is 11.9 Å². The van der Waals surface area contributed by atoms with Crippen molar-refractivity contribution >= 4 is 23.4 Å². The average molecular weight is 286 g/mol. The molecule has 1 heterocycles. The molecule has 0 saturated heterocycles. The number of carboxylic acid groups (broad SMARTS) is 1. The number of aromatic carboxylic acids is 1. The molecule has 0 radical (unpaired) electrons. The van der Waals surface area contributed by atoms with Crippen LogP contribution < -0.4 is 5.32 Å². The Morgan fingerprint density at radius 3 is 2.33 bits per heavy atom. The molecule has 1 aromatic carbocycles. The maximum atomic E-state index is 11.5. The number of carboxylic acids is 1. The number of rotatable bonds is 5. The number of carbonyl (C=O) groups excluding carboxylic acids is 1. The Balaban J connectivity index is 2.06. The Hall–Kier alpha value is -2.89. The summed E-state index contributed by atoms with van der Waals surface area (Å²) in [5, 5.41) is 11.8. The summed E-state index contributed by atoms with van der Waals surface area (Å²) >= 11 is 0. The smallest absolute Gasteiger partial charge is 0.338 e. The third-order valence-electron chi connectivity index (χ3n) is 2.68. The van der Waals surface area contributed by atoms with E-state index in [4.69, 9.17) is 9.84 Å². The average Bonchev–Trinajstić information content (AvgIpc) is 2.49. The van der Waals surface area contributed by atoms with Crippen LogP contribution in [-0.4, -0.2) is 28.6 Å². The Bertz CT molecular complexity index is 636. The molecule has 0 amide bonds. The third kappa shape index (κ3) is 3.79. The molecule has 0 unspecified atom stereocenters. The summed E-state index contributed by atoms with van der Waals surface area (Å²) < 4.78 is 4.89. The standard InChI is InChI=1S/C15H14N2O4/c1-2-21-15(20)10-3-6-12(7-4-10)17-13-8-5-11(9-16-13)14(18)19/h3-9H,2H2,1H3,(H,16,17)(H,18,19). The quantitative estimate of drug-likeness (QED) is 0.821. The monoisotopic (exact) mass is 286 g/mol. The molecule has 108 valence electrons. The molecule has 21 heavy (non-hydrogen) atoms. The van der Waals surface area contributed by atoms with E-state index < -0.39 is 5.97 Å². The number of esters is 1. The number of nitrogens with zero attached hydrogens (tertiary/aromatic N) is 1. The van der Waals surface area contributed by atoms with Crippen molar-refractivity contribution < 1.29 is 19.4 Å². The number of ether oxygens (including phenoxy) is 1. The molecule has 0 aliphatic heterocycles. The van der Waals surface area contributed by atoms with Crippen molar-refractivity contribution in [3.63, 3.8) is 0 Å². The molecule has 0 fully saturated rings. The van der Waals surface area contributed by atoms with Crippen molar-refractivity contribution in [1.82, 2.24) is 4.98 Å². The highest BCUT2D eigenvalue weighted by Crippen LogP contribution is 2.16. The number of hydrogen-bond acceptors (Lipinski definition) is 5. The largest absolute Gasteiger partial charge is 0.478 e. The van der Waals surface area contributed by atoms with E-state index in [1.54, 1.807) is 37.3 Å². The van der Waals surface area contributed by atoms with Crippen molar-refractivity contribution in [3.05, 3.63) is 53.7 Å². The minimum absolute atomic E-state index is 0.123. The summed E-state index contributed by atoms with van der Waals surface area (Å²) in [5.41, 5.74) is 1.33. The lowest BCUT2D eigenvalue weighted by molar-refractivity contribution is 0.0526. The molecular formula is C15H14N2O4. The first kappa shape index (κ1) is 14.5. The SMILES string of the molecule is CCOC(=O)c1ccc(Nc2ccc(C(=O)O)cn2)cc1. The van der Waals surface area contributed by atoms with Gasteiger partial charge in [0.2, 0.25) is 0 Å². The fourth-order valence-electron chi connectivity index (χ4n) is 1.65. The fraction of sp³-hybridized carbons (Fsp3) is 0.133. The van der Waals surface area contributed by atoms with Gasteiger partial charge in [-0.15, -0.1) is 0 Å². The number of nitrogens with one attached hydrogen (secondary N) is 1. The van der Waals surface area contributed by atoms with E-state index in [-0.39, 0.29) is 11.5 Å². The van der Waals surface area contributed by atoms with Crippen molar-refractivity contribution in [2.45, 2.75) is 6.92 Å². The van der Waals surface area contributed by atoms with Gasteiger partial charge in [-0.25, -0.2) is 14.6 Å². The van der Waals surface area contributed by atoms with Gasteiger partial charge in [-0.05, 0) is 43.3 Å². The number of aromatic nitrogens is 1. The van der Waals surface area contributed by atoms with E-state index in [0.29, 0.717) is 18.0 Å². The van der Waals surface area contributed by atoms with Gasteiger partial charge in [-0.2, -0.15) is 0 Å². The lowest BCUT2D eigenvalue weighted by Gasteiger charge is -2.07. The fourth-order valence-corrected chi connectivity index (χ4v) is 1.65. The molecule has 2 rings (SSSR count). The summed E-state index contributed by atoms with van der Waals surface area (Å²) in [6.45, 7) is 2.08. The van der Waals surface area contributed by atoms with E-state index in [0.717, 1.165) is 5.69 Å². The molecule has 6 nitrogen and oxygen atoms in total. The van der Waals surface area contributed by atoms with E-state index in [1.807, 2.05) is 0 Å². The van der Waals surface area contributed by atoms with Crippen LogP contribution in [0, 0.1) is 0 Å². The molecule has 0 bridgehead atoms. The topological polar surface area (TPSA) is 88.5 Å². The Morgan fingerprint density at radius 1 is 1.14 bits per heavy atom. The highest BCUT2D eigenvalue weighted by molar-refractivity contribution is 5.90. The van der Waals surface area contributed by atoms with Gasteiger partial charge in [-0.3, -0.25) is 0 Å². The first-order valence-corrected chi connectivity index (χ1v) is 6.33. The second-order valence-electron chi connectivity index (χ2n) is 4.16. The molecule has 0 atom stereocenters. The molecule has 1 aromatic heterocycles. The normalized spacial score (nSPS) is 9.95. The molecule has 0 aliphatic carbocycles. The summed E-state index contributed by atoms with van der Waals surface area (Å²) in [6.07, 6.45) is 1.28. The Kier molecular flexibility index (Phi) is 4.50. The number of carbonyl (C=O) groups is 2. The van der Waals surface area contributed by atoms with Crippen molar-refractivity contribution in [1.29, 1.82) is 0 Å². The van der Waals surface area contributed by atoms with Crippen LogP contribution >= 0.6 is 0 Å². The predicted molar refractivity (Wildman–Crippen MR) is 76.9 cm³/mol. The van der Waals surface area contributed by atoms with Gasteiger partial charge in [0.05, 0.1) is 17.7 Å². The van der Waals surface area contributed by atoms with E-state index in [1.165, 1.54) is 12.3 Å². The molecular weight excluding hydrogens is 272 g/mol. The second kappa shape index (κ2) is 6.51. The Labute approximate surface area is 121 Å². The minimum atomic E-state index is -1.02. The number of benzene rings is 1. The van der Waals surface area contributed by atoms with Crippen LogP contribution in [0.2, 0.25) is 0 Å². The highest BCUT2D eigenvalue weighted by atomic mass is 16.5. The van der Waals surface area contributed by atoms with Crippen molar-refractivity contribution in [2.24, 2.45) is 0 Å². The van der Waals surface area contributed by atoms with Gasteiger partial charge in [0, 0.05) is 11.9 Å². The van der Waals surface area contributed by atoms with Gasteiger partial charge in [0.1, 0.15) is 5.82 Å². The first-order valence-electron chi connectivity index (χ1n) is 6.33. The van der Waals surface area contributed by atoms with Crippen LogP contribution in [0.5, 0.6) is 0 Å². The minimum Gasteiger partial charge on any atom is -0.478 e. The predicted octanol–water partition coefficient (Wildman–Crippen LogP) is 2.70. The van der Waals surface area contributed by atoms with Gasteiger partial charge >= 0.3 is 11.9 Å². The number of hydrogen-bond donors (Lipinski definition) is 2. The summed E-state index contributed by atoms with van der Waals surface area (Å²) in [4.78, 5) is 26.2. The van der Waals surface area contributed by atoms with E-state index in [9.17, 15) is 9.59 Å². The summed E-state index contributed by atoms with van der Waals surface area (Å²) in [5.74, 6) is -0.871. The summed E-state index contributed by atoms with van der Waals surface area (Å²) in [7, 11) is 0. The second-order valence-corrected chi connectivity index (χ2v) is 4.16. The van der Waals surface area contributed by atoms with Crippen molar-refractivity contribution in [3.8, 4) is 0 Å². The Morgan fingerprint density at radius 2 is 1.81 bits per heavy atom. The molecule has 0 aliphatic rings. The molecule has 2 N–H and O–H groups in total. The van der Waals surface area contributed by atoms with Crippen LogP contribution in [0.25, 0.3) is 0 Å². The zero-order valence-corrected chi connectivity index (χ0v) is 11.4. The van der Waals surface area contributed by atoms with Gasteiger partial charge < -0.3 is 15.2 Å². The van der Waals surface area contributed by atoms with Gasteiger partial charge in [0.25, 0.3) is 0 Å². The lowest BCUT2D eigenvalue weighted by atomic mass is 10.2. The lowest BCUT2D eigenvalue weighted by Crippen LogP contribution is -2.04. The summed E-state index contributed by atoms with van der Waals surface area (Å²) in [6, 6.07) is 9.77. The zero-order chi connectivity index (χ0) is 15.2. The molecule has 6 heteroatoms. The number of pyridine rings is 1. The third-order valence-corrected chi connectivity index (χ3v) is 2.68. The van der Waals surface area contributed by atoms with Crippen LogP contribution in [-0.2, 0) is 4.74 Å². The highest BCUT2D eigenvalue weighted by Gasteiger charge is 2.06. The zero-order valence-electron chi connectivity index (χ0n) is 11.4. The van der Waals surface area contributed by atoms with Crippen LogP contribution in [0.15, 0.2) is 42.6 Å². The van der Waals surface area contributed by atoms with Crippen LogP contribution in [0.4, 0.5) is 11.5 Å². The van der Waals surface area contributed by atoms with Crippen LogP contribution in [0.3, 0.4) is 0 Å². The van der Waals surface area contributed by atoms with Gasteiger partial charge in [-0.1, -0.05) is 0 Å². The number of anilines is 2.